The lowest BCUT2D eigenvalue weighted by atomic mass is 9.78. The van der Waals surface area contributed by atoms with E-state index < -0.39 is 5.91 Å². The first kappa shape index (κ1) is 27.2. The molecule has 1 amide bonds. The molecule has 0 aliphatic heterocycles. The molecular weight excluding hydrogens is 452 g/mol. The summed E-state index contributed by atoms with van der Waals surface area (Å²) in [5.41, 5.74) is 11.2. The maximum atomic E-state index is 12.3. The molecule has 1 aromatic heterocycles. The smallest absolute Gasteiger partial charge is 0.250 e. The average Bonchev–Trinajstić information content (AvgIpc) is 3.12. The van der Waals surface area contributed by atoms with Gasteiger partial charge in [0.2, 0.25) is 0 Å². The topological polar surface area (TPSA) is 86.7 Å². The van der Waals surface area contributed by atoms with Gasteiger partial charge in [-0.1, -0.05) is 47.6 Å². The summed E-state index contributed by atoms with van der Waals surface area (Å²) in [6.07, 6.45) is 0.720. The minimum atomic E-state index is -0.454. The molecular formula is C30H40N2O4. The fourth-order valence-electron chi connectivity index (χ4n) is 4.62. The van der Waals surface area contributed by atoms with Crippen molar-refractivity contribution in [2.75, 3.05) is 14.2 Å². The Balaban J connectivity index is 2.17. The Kier molecular flexibility index (Phi) is 7.49. The number of hydrogen-bond acceptors (Lipinski definition) is 4. The third kappa shape index (κ3) is 5.38. The summed E-state index contributed by atoms with van der Waals surface area (Å²) in [4.78, 5) is 12.3. The molecule has 2 aromatic carbocycles. The summed E-state index contributed by atoms with van der Waals surface area (Å²) >= 11 is 0. The van der Waals surface area contributed by atoms with Crippen LogP contribution in [-0.4, -0.2) is 29.8 Å². The van der Waals surface area contributed by atoms with Crippen molar-refractivity contribution in [2.45, 2.75) is 72.3 Å². The number of aryl methyl sites for hydroxylation is 1. The Morgan fingerprint density at radius 2 is 1.47 bits per heavy atom. The maximum Gasteiger partial charge on any atom is 0.250 e. The van der Waals surface area contributed by atoms with E-state index in [1.807, 2.05) is 43.3 Å². The van der Waals surface area contributed by atoms with Crippen LogP contribution < -0.4 is 15.2 Å². The zero-order valence-electron chi connectivity index (χ0n) is 23.1. The van der Waals surface area contributed by atoms with Crippen LogP contribution in [0.3, 0.4) is 0 Å². The van der Waals surface area contributed by atoms with Gasteiger partial charge in [0, 0.05) is 29.1 Å². The minimum Gasteiger partial charge on any atom is -0.507 e. The standard InChI is InChI=1S/C30H40N2O4/c1-18-21(28(31)34)17-24(32(18)13-12-19-10-11-25(35-8)26(14-19)36-9)20-15-22(29(2,3)4)27(33)23(16-20)30(5,6)7/h10-11,14-17,33H,12-13H2,1-9H3,(H2,31,34). The fourth-order valence-corrected chi connectivity index (χ4v) is 4.62. The highest BCUT2D eigenvalue weighted by Gasteiger charge is 2.28. The predicted octanol–water partition coefficient (Wildman–Crippen LogP) is 6.12. The zero-order chi connectivity index (χ0) is 27.0. The second-order valence-electron chi connectivity index (χ2n) is 11.4. The number of carbonyl (C=O) groups excluding carboxylic acids is 1. The third-order valence-electron chi connectivity index (χ3n) is 6.73. The molecule has 0 fully saturated rings. The van der Waals surface area contributed by atoms with E-state index in [1.54, 1.807) is 14.2 Å². The lowest BCUT2D eigenvalue weighted by Crippen LogP contribution is -2.17. The van der Waals surface area contributed by atoms with Crippen molar-refractivity contribution in [1.29, 1.82) is 0 Å². The Labute approximate surface area is 215 Å². The van der Waals surface area contributed by atoms with Gasteiger partial charge in [0.1, 0.15) is 5.75 Å². The van der Waals surface area contributed by atoms with Gasteiger partial charge in [-0.15, -0.1) is 0 Å². The molecule has 0 saturated carbocycles. The van der Waals surface area contributed by atoms with Gasteiger partial charge in [-0.05, 0) is 65.6 Å². The van der Waals surface area contributed by atoms with E-state index in [0.29, 0.717) is 29.4 Å². The molecule has 0 saturated heterocycles. The number of benzene rings is 2. The van der Waals surface area contributed by atoms with Crippen molar-refractivity contribution in [3.8, 4) is 28.5 Å². The molecule has 0 spiro atoms. The van der Waals surface area contributed by atoms with Crippen LogP contribution in [0.25, 0.3) is 11.3 Å². The van der Waals surface area contributed by atoms with Crippen molar-refractivity contribution in [3.63, 3.8) is 0 Å². The van der Waals surface area contributed by atoms with Gasteiger partial charge in [0.25, 0.3) is 5.91 Å². The first-order valence-corrected chi connectivity index (χ1v) is 12.3. The number of phenolic OH excluding ortho intramolecular Hbond substituents is 1. The number of methoxy groups -OCH3 is 2. The lowest BCUT2D eigenvalue weighted by Gasteiger charge is -2.28. The van der Waals surface area contributed by atoms with Crippen LogP contribution >= 0.6 is 0 Å². The molecule has 0 atom stereocenters. The largest absolute Gasteiger partial charge is 0.507 e. The quantitative estimate of drug-likeness (QED) is 0.416. The van der Waals surface area contributed by atoms with Crippen LogP contribution in [-0.2, 0) is 23.8 Å². The van der Waals surface area contributed by atoms with Crippen LogP contribution in [0, 0.1) is 6.92 Å². The van der Waals surface area contributed by atoms with E-state index in [-0.39, 0.29) is 10.8 Å². The van der Waals surface area contributed by atoms with Gasteiger partial charge in [0.05, 0.1) is 19.8 Å². The Morgan fingerprint density at radius 1 is 0.917 bits per heavy atom. The van der Waals surface area contributed by atoms with E-state index in [2.05, 4.69) is 46.1 Å². The highest BCUT2D eigenvalue weighted by atomic mass is 16.5. The van der Waals surface area contributed by atoms with E-state index >= 15 is 0 Å². The summed E-state index contributed by atoms with van der Waals surface area (Å²) in [5, 5.41) is 11.2. The summed E-state index contributed by atoms with van der Waals surface area (Å²) in [6, 6.07) is 11.8. The van der Waals surface area contributed by atoms with Crippen LogP contribution in [0.2, 0.25) is 0 Å². The predicted molar refractivity (Wildman–Crippen MR) is 145 cm³/mol. The summed E-state index contributed by atoms with van der Waals surface area (Å²) in [6.45, 7) is 15.1. The lowest BCUT2D eigenvalue weighted by molar-refractivity contribution is 0.0999. The highest BCUT2D eigenvalue weighted by molar-refractivity contribution is 5.95. The molecule has 3 rings (SSSR count). The van der Waals surface area contributed by atoms with Crippen LogP contribution in [0.5, 0.6) is 17.2 Å². The number of carbonyl (C=O) groups is 1. The van der Waals surface area contributed by atoms with E-state index in [4.69, 9.17) is 15.2 Å². The van der Waals surface area contributed by atoms with Gasteiger partial charge in [-0.3, -0.25) is 4.79 Å². The van der Waals surface area contributed by atoms with Gasteiger partial charge < -0.3 is 24.9 Å². The summed E-state index contributed by atoms with van der Waals surface area (Å²) < 4.78 is 13.0. The molecule has 3 aromatic rings. The molecule has 0 unspecified atom stereocenters. The van der Waals surface area contributed by atoms with E-state index in [0.717, 1.165) is 40.1 Å². The Morgan fingerprint density at radius 3 is 1.94 bits per heavy atom. The van der Waals surface area contributed by atoms with E-state index in [9.17, 15) is 9.90 Å². The molecule has 6 heteroatoms. The number of ether oxygens (including phenoxy) is 2. The highest BCUT2D eigenvalue weighted by Crippen LogP contribution is 2.42. The van der Waals surface area contributed by atoms with Crippen molar-refractivity contribution in [2.24, 2.45) is 5.73 Å². The van der Waals surface area contributed by atoms with Crippen LogP contribution in [0.4, 0.5) is 0 Å². The number of rotatable bonds is 7. The Bertz CT molecular complexity index is 1240. The molecule has 6 nitrogen and oxygen atoms in total. The number of amides is 1. The number of primary amides is 1. The third-order valence-corrected chi connectivity index (χ3v) is 6.73. The summed E-state index contributed by atoms with van der Waals surface area (Å²) in [5.74, 6) is 1.24. The number of nitrogens with two attached hydrogens (primary N) is 1. The van der Waals surface area contributed by atoms with Crippen molar-refractivity contribution in [1.82, 2.24) is 4.57 Å². The molecule has 1 heterocycles. The van der Waals surface area contributed by atoms with Gasteiger partial charge in [0.15, 0.2) is 11.5 Å². The first-order valence-electron chi connectivity index (χ1n) is 12.3. The van der Waals surface area contributed by atoms with Crippen molar-refractivity contribution < 1.29 is 19.4 Å². The minimum absolute atomic E-state index is 0.265. The fraction of sp³-hybridized carbons (Fsp3) is 0.433. The Hall–Kier alpha value is -3.41. The molecule has 36 heavy (non-hydrogen) atoms. The van der Waals surface area contributed by atoms with Crippen LogP contribution in [0.1, 0.15) is 74.3 Å². The molecule has 0 radical (unpaired) electrons. The number of hydrogen-bond donors (Lipinski definition) is 2. The molecule has 0 bridgehead atoms. The number of nitrogens with zero attached hydrogens (tertiary/aromatic N) is 1. The van der Waals surface area contributed by atoms with Gasteiger partial charge in [-0.2, -0.15) is 0 Å². The molecule has 0 aliphatic carbocycles. The van der Waals surface area contributed by atoms with Crippen molar-refractivity contribution in [3.05, 3.63) is 64.3 Å². The monoisotopic (exact) mass is 492 g/mol. The zero-order valence-corrected chi connectivity index (χ0v) is 23.1. The molecule has 3 N–H and O–H groups in total. The number of aromatic hydroxyl groups is 1. The molecule has 194 valence electrons. The maximum absolute atomic E-state index is 12.3. The first-order chi connectivity index (χ1) is 16.7. The van der Waals surface area contributed by atoms with E-state index in [1.165, 1.54) is 0 Å². The number of aromatic nitrogens is 1. The number of phenols is 1. The summed E-state index contributed by atoms with van der Waals surface area (Å²) in [7, 11) is 3.24. The van der Waals surface area contributed by atoms with Crippen LogP contribution in [0.15, 0.2) is 36.4 Å². The van der Waals surface area contributed by atoms with Gasteiger partial charge >= 0.3 is 0 Å². The molecule has 0 aliphatic rings. The second kappa shape index (κ2) is 9.92. The average molecular weight is 493 g/mol. The second-order valence-corrected chi connectivity index (χ2v) is 11.4. The van der Waals surface area contributed by atoms with Gasteiger partial charge in [-0.25, -0.2) is 0 Å². The van der Waals surface area contributed by atoms with Crippen molar-refractivity contribution >= 4 is 5.91 Å². The normalized spacial score (nSPS) is 12.0. The SMILES string of the molecule is COc1ccc(CCn2c(-c3cc(C(C)(C)C)c(O)c(C(C)(C)C)c3)cc(C(N)=O)c2C)cc1OC.